The van der Waals surface area contributed by atoms with Crippen molar-refractivity contribution in [3.05, 3.63) is 41.5 Å². The zero-order valence-electron chi connectivity index (χ0n) is 7.90. The van der Waals surface area contributed by atoms with Crippen LogP contribution in [0.15, 0.2) is 30.4 Å². The maximum absolute atomic E-state index is 10.6. The highest BCUT2D eigenvalue weighted by atomic mass is 16.4. The first-order valence-corrected chi connectivity index (χ1v) is 4.31. The molecule has 14 heavy (non-hydrogen) atoms. The Morgan fingerprint density at radius 1 is 1.50 bits per heavy atom. The molecule has 0 spiro atoms. The van der Waals surface area contributed by atoms with E-state index >= 15 is 0 Å². The molecule has 0 radical (unpaired) electrons. The van der Waals surface area contributed by atoms with Crippen LogP contribution in [-0.2, 0) is 6.42 Å². The summed E-state index contributed by atoms with van der Waals surface area (Å²) in [4.78, 5) is 10.6. The van der Waals surface area contributed by atoms with Crippen molar-refractivity contribution < 1.29 is 15.0 Å². The van der Waals surface area contributed by atoms with E-state index in [0.29, 0.717) is 12.0 Å². The van der Waals surface area contributed by atoms with Gasteiger partial charge in [0.25, 0.3) is 0 Å². The minimum atomic E-state index is -0.980. The number of aromatic carboxylic acids is 1. The third-order valence-corrected chi connectivity index (χ3v) is 1.90. The summed E-state index contributed by atoms with van der Waals surface area (Å²) < 4.78 is 0. The van der Waals surface area contributed by atoms with E-state index in [1.54, 1.807) is 0 Å². The Bertz CT molecular complexity index is 367. The van der Waals surface area contributed by atoms with Gasteiger partial charge in [0.2, 0.25) is 0 Å². The number of hydrogen-bond acceptors (Lipinski definition) is 2. The number of allylic oxidation sites excluding steroid dienone is 2. The second-order valence-electron chi connectivity index (χ2n) is 2.92. The van der Waals surface area contributed by atoms with Gasteiger partial charge >= 0.3 is 5.97 Å². The van der Waals surface area contributed by atoms with Crippen LogP contribution in [0.2, 0.25) is 0 Å². The van der Waals surface area contributed by atoms with E-state index < -0.39 is 5.97 Å². The van der Waals surface area contributed by atoms with Gasteiger partial charge in [-0.1, -0.05) is 12.2 Å². The van der Waals surface area contributed by atoms with Crippen LogP contribution in [0.5, 0.6) is 5.75 Å². The molecule has 0 unspecified atom stereocenters. The van der Waals surface area contributed by atoms with Gasteiger partial charge < -0.3 is 10.2 Å². The highest BCUT2D eigenvalue weighted by Crippen LogP contribution is 2.19. The SMILES string of the molecule is C/C=C/Cc1cc(C(=O)O)ccc1O. The summed E-state index contributed by atoms with van der Waals surface area (Å²) in [5.41, 5.74) is 0.824. The molecule has 74 valence electrons. The average Bonchev–Trinajstić information content (AvgIpc) is 2.16. The predicted octanol–water partition coefficient (Wildman–Crippen LogP) is 2.21. The fourth-order valence-electron chi connectivity index (χ4n) is 1.13. The van der Waals surface area contributed by atoms with E-state index in [1.807, 2.05) is 19.1 Å². The van der Waals surface area contributed by atoms with Gasteiger partial charge in [-0.2, -0.15) is 0 Å². The Morgan fingerprint density at radius 3 is 2.79 bits per heavy atom. The molecule has 0 aliphatic carbocycles. The second kappa shape index (κ2) is 4.46. The third kappa shape index (κ3) is 2.36. The molecule has 3 nitrogen and oxygen atoms in total. The maximum Gasteiger partial charge on any atom is 0.335 e. The smallest absolute Gasteiger partial charge is 0.335 e. The lowest BCUT2D eigenvalue weighted by molar-refractivity contribution is 0.0697. The Kier molecular flexibility index (Phi) is 3.29. The Balaban J connectivity index is 3.01. The van der Waals surface area contributed by atoms with Gasteiger partial charge in [0.05, 0.1) is 5.56 Å². The number of phenolic OH excluding ortho intramolecular Hbond substituents is 1. The maximum atomic E-state index is 10.6. The van der Waals surface area contributed by atoms with Crippen molar-refractivity contribution in [3.63, 3.8) is 0 Å². The summed E-state index contributed by atoms with van der Waals surface area (Å²) in [5.74, 6) is -0.847. The van der Waals surface area contributed by atoms with Crippen molar-refractivity contribution >= 4 is 5.97 Å². The van der Waals surface area contributed by atoms with Gasteiger partial charge in [0, 0.05) is 0 Å². The summed E-state index contributed by atoms with van der Waals surface area (Å²) in [6.07, 6.45) is 4.26. The average molecular weight is 192 g/mol. The van der Waals surface area contributed by atoms with Crippen LogP contribution in [0, 0.1) is 0 Å². The Labute approximate surface area is 82.3 Å². The van der Waals surface area contributed by atoms with E-state index in [1.165, 1.54) is 18.2 Å². The van der Waals surface area contributed by atoms with Crippen LogP contribution in [0.4, 0.5) is 0 Å². The number of carbonyl (C=O) groups is 1. The number of carboxylic acids is 1. The van der Waals surface area contributed by atoms with E-state index in [0.717, 1.165) is 0 Å². The predicted molar refractivity (Wildman–Crippen MR) is 53.6 cm³/mol. The molecular weight excluding hydrogens is 180 g/mol. The number of hydrogen-bond donors (Lipinski definition) is 2. The summed E-state index contributed by atoms with van der Waals surface area (Å²) in [5, 5.41) is 18.1. The van der Waals surface area contributed by atoms with Gasteiger partial charge in [0.1, 0.15) is 5.75 Å². The zero-order valence-corrected chi connectivity index (χ0v) is 7.90. The van der Waals surface area contributed by atoms with Crippen LogP contribution in [0.3, 0.4) is 0 Å². The number of benzene rings is 1. The first kappa shape index (κ1) is 10.3. The molecule has 1 aromatic carbocycles. The fourth-order valence-corrected chi connectivity index (χ4v) is 1.13. The van der Waals surface area contributed by atoms with Gasteiger partial charge in [-0.25, -0.2) is 4.79 Å². The summed E-state index contributed by atoms with van der Waals surface area (Å²) in [6, 6.07) is 4.27. The van der Waals surface area contributed by atoms with Gasteiger partial charge in [-0.3, -0.25) is 0 Å². The lowest BCUT2D eigenvalue weighted by atomic mass is 10.1. The van der Waals surface area contributed by atoms with Crippen LogP contribution < -0.4 is 0 Å². The molecule has 0 aromatic heterocycles. The highest BCUT2D eigenvalue weighted by Gasteiger charge is 2.06. The lowest BCUT2D eigenvalue weighted by Crippen LogP contribution is -1.97. The molecule has 0 fully saturated rings. The lowest BCUT2D eigenvalue weighted by Gasteiger charge is -2.02. The topological polar surface area (TPSA) is 57.5 Å². The molecule has 0 atom stereocenters. The Hall–Kier alpha value is -1.77. The zero-order chi connectivity index (χ0) is 10.6. The molecule has 1 aromatic rings. The highest BCUT2D eigenvalue weighted by molar-refractivity contribution is 5.88. The fraction of sp³-hybridized carbons (Fsp3) is 0.182. The van der Waals surface area contributed by atoms with Crippen molar-refractivity contribution in [2.45, 2.75) is 13.3 Å². The van der Waals surface area contributed by atoms with E-state index in [4.69, 9.17) is 5.11 Å². The van der Waals surface area contributed by atoms with Crippen LogP contribution in [0.1, 0.15) is 22.8 Å². The Morgan fingerprint density at radius 2 is 2.21 bits per heavy atom. The molecule has 0 aliphatic heterocycles. The molecule has 0 bridgehead atoms. The third-order valence-electron chi connectivity index (χ3n) is 1.90. The van der Waals surface area contributed by atoms with E-state index in [2.05, 4.69) is 0 Å². The van der Waals surface area contributed by atoms with Crippen LogP contribution in [-0.4, -0.2) is 16.2 Å². The summed E-state index contributed by atoms with van der Waals surface area (Å²) in [6.45, 7) is 1.87. The molecule has 3 heteroatoms. The first-order valence-electron chi connectivity index (χ1n) is 4.31. The van der Waals surface area contributed by atoms with Gasteiger partial charge in [-0.15, -0.1) is 0 Å². The summed E-state index contributed by atoms with van der Waals surface area (Å²) in [7, 11) is 0. The quantitative estimate of drug-likeness (QED) is 0.722. The van der Waals surface area contributed by atoms with E-state index in [9.17, 15) is 9.90 Å². The number of aromatic hydroxyl groups is 1. The molecule has 0 heterocycles. The number of rotatable bonds is 3. The number of phenols is 1. The van der Waals surface area contributed by atoms with Crippen molar-refractivity contribution in [3.8, 4) is 5.75 Å². The van der Waals surface area contributed by atoms with Crippen molar-refractivity contribution in [1.29, 1.82) is 0 Å². The van der Waals surface area contributed by atoms with Gasteiger partial charge in [-0.05, 0) is 37.1 Å². The standard InChI is InChI=1S/C11H12O3/c1-2-3-4-8-7-9(11(13)14)5-6-10(8)12/h2-3,5-7,12H,4H2,1H3,(H,13,14)/b3-2+. The molecule has 0 amide bonds. The largest absolute Gasteiger partial charge is 0.508 e. The molecule has 2 N–H and O–H groups in total. The van der Waals surface area contributed by atoms with Crippen LogP contribution >= 0.6 is 0 Å². The van der Waals surface area contributed by atoms with Crippen molar-refractivity contribution in [1.82, 2.24) is 0 Å². The molecule has 0 aliphatic rings. The van der Waals surface area contributed by atoms with Crippen LogP contribution in [0.25, 0.3) is 0 Å². The molecular formula is C11H12O3. The first-order chi connectivity index (χ1) is 6.65. The molecule has 0 saturated carbocycles. The van der Waals surface area contributed by atoms with Crippen molar-refractivity contribution in [2.75, 3.05) is 0 Å². The number of carboxylic acid groups (broad SMARTS) is 1. The molecule has 1 rings (SSSR count). The van der Waals surface area contributed by atoms with Crippen molar-refractivity contribution in [2.24, 2.45) is 0 Å². The normalized spacial score (nSPS) is 10.6. The summed E-state index contributed by atoms with van der Waals surface area (Å²) >= 11 is 0. The second-order valence-corrected chi connectivity index (χ2v) is 2.92. The minimum absolute atomic E-state index is 0.133. The minimum Gasteiger partial charge on any atom is -0.508 e. The molecule has 0 saturated heterocycles. The van der Waals surface area contributed by atoms with E-state index in [-0.39, 0.29) is 11.3 Å². The van der Waals surface area contributed by atoms with Gasteiger partial charge in [0.15, 0.2) is 0 Å². The monoisotopic (exact) mass is 192 g/mol.